The summed E-state index contributed by atoms with van der Waals surface area (Å²) in [6.45, 7) is 0.782. The molecule has 1 aliphatic rings. The number of aryl methyl sites for hydroxylation is 1. The first kappa shape index (κ1) is 18.9. The van der Waals surface area contributed by atoms with Gasteiger partial charge in [0.05, 0.1) is 5.56 Å². The monoisotopic (exact) mass is 381 g/mol. The molecule has 0 aromatic carbocycles. The summed E-state index contributed by atoms with van der Waals surface area (Å²) in [4.78, 5) is 29.9. The molecule has 2 aromatic heterocycles. The fourth-order valence-electron chi connectivity index (χ4n) is 2.90. The number of piperidine rings is 1. The van der Waals surface area contributed by atoms with Crippen molar-refractivity contribution in [1.29, 1.82) is 0 Å². The third kappa shape index (κ3) is 4.29. The molecule has 0 unspecified atom stereocenters. The molecule has 27 heavy (non-hydrogen) atoms. The summed E-state index contributed by atoms with van der Waals surface area (Å²) in [5.74, 6) is -0.216. The van der Waals surface area contributed by atoms with Gasteiger partial charge in [-0.3, -0.25) is 9.59 Å². The predicted octanol–water partition coefficient (Wildman–Crippen LogP) is 2.48. The predicted molar refractivity (Wildman–Crippen MR) is 90.5 cm³/mol. The van der Waals surface area contributed by atoms with Crippen molar-refractivity contribution in [2.75, 3.05) is 13.1 Å². The van der Waals surface area contributed by atoms with Crippen LogP contribution < -0.4 is 10.3 Å². The maximum Gasteiger partial charge on any atom is 0.417 e. The number of carbonyl (C=O) groups is 1. The normalized spacial score (nSPS) is 15.6. The standard InChI is InChI=1S/C18H18F3N3O3/c1-23-8-2-3-14(16(23)25)17(26)24-9-6-13(7-10-24)27-15-5-4-12(11-22-15)18(19,20)21/h2-5,8,11,13H,6-7,9-10H2,1H3. The number of halogens is 3. The van der Waals surface area contributed by atoms with Crippen molar-refractivity contribution in [3.63, 3.8) is 0 Å². The first-order valence-electron chi connectivity index (χ1n) is 8.40. The van der Waals surface area contributed by atoms with Crippen LogP contribution in [0.5, 0.6) is 5.88 Å². The third-order valence-corrected chi connectivity index (χ3v) is 4.43. The molecule has 3 heterocycles. The first-order chi connectivity index (χ1) is 12.8. The maximum absolute atomic E-state index is 12.5. The average Bonchev–Trinajstić information content (AvgIpc) is 2.64. The number of likely N-dealkylation sites (tertiary alicyclic amines) is 1. The molecule has 1 amide bonds. The molecule has 2 aromatic rings. The summed E-state index contributed by atoms with van der Waals surface area (Å²) in [5, 5.41) is 0. The molecule has 9 heteroatoms. The van der Waals surface area contributed by atoms with E-state index in [-0.39, 0.29) is 29.0 Å². The van der Waals surface area contributed by atoms with Gasteiger partial charge in [0, 0.05) is 51.4 Å². The Morgan fingerprint density at radius 1 is 1.22 bits per heavy atom. The molecular weight excluding hydrogens is 363 g/mol. The Kier molecular flexibility index (Phi) is 5.20. The van der Waals surface area contributed by atoms with E-state index in [1.165, 1.54) is 16.7 Å². The van der Waals surface area contributed by atoms with Gasteiger partial charge in [0.2, 0.25) is 5.88 Å². The highest BCUT2D eigenvalue weighted by Gasteiger charge is 2.31. The molecule has 1 aliphatic heterocycles. The topological polar surface area (TPSA) is 64.4 Å². The molecule has 6 nitrogen and oxygen atoms in total. The zero-order valence-corrected chi connectivity index (χ0v) is 14.6. The summed E-state index contributed by atoms with van der Waals surface area (Å²) in [6, 6.07) is 5.25. The number of nitrogens with zero attached hydrogens (tertiary/aromatic N) is 3. The molecule has 0 aliphatic carbocycles. The van der Waals surface area contributed by atoms with Gasteiger partial charge in [-0.05, 0) is 18.2 Å². The Balaban J connectivity index is 1.58. The Bertz CT molecular complexity index is 870. The Morgan fingerprint density at radius 3 is 2.52 bits per heavy atom. The number of hydrogen-bond acceptors (Lipinski definition) is 4. The number of hydrogen-bond donors (Lipinski definition) is 0. The molecular formula is C18H18F3N3O3. The lowest BCUT2D eigenvalue weighted by atomic mass is 10.1. The molecule has 0 spiro atoms. The van der Waals surface area contributed by atoms with Crippen molar-refractivity contribution in [3.05, 3.63) is 58.1 Å². The zero-order valence-electron chi connectivity index (χ0n) is 14.6. The third-order valence-electron chi connectivity index (χ3n) is 4.43. The van der Waals surface area contributed by atoms with E-state index < -0.39 is 11.7 Å². The van der Waals surface area contributed by atoms with Gasteiger partial charge in [-0.15, -0.1) is 0 Å². The lowest BCUT2D eigenvalue weighted by molar-refractivity contribution is -0.137. The van der Waals surface area contributed by atoms with Crippen molar-refractivity contribution in [2.45, 2.75) is 25.1 Å². The van der Waals surface area contributed by atoms with Crippen LogP contribution in [0.25, 0.3) is 0 Å². The lowest BCUT2D eigenvalue weighted by Crippen LogP contribution is -2.43. The largest absolute Gasteiger partial charge is 0.474 e. The van der Waals surface area contributed by atoms with Gasteiger partial charge in [0.25, 0.3) is 11.5 Å². The second-order valence-electron chi connectivity index (χ2n) is 6.33. The molecule has 0 atom stereocenters. The van der Waals surface area contributed by atoms with Crippen LogP contribution in [0.15, 0.2) is 41.5 Å². The minimum atomic E-state index is -4.44. The van der Waals surface area contributed by atoms with Crippen LogP contribution in [0, 0.1) is 0 Å². The molecule has 1 fully saturated rings. The summed E-state index contributed by atoms with van der Waals surface area (Å²) in [6.07, 6.45) is -1.37. The number of alkyl halides is 3. The molecule has 0 saturated carbocycles. The van der Waals surface area contributed by atoms with Gasteiger partial charge in [-0.2, -0.15) is 13.2 Å². The summed E-state index contributed by atoms with van der Waals surface area (Å²) in [7, 11) is 1.58. The Hall–Kier alpha value is -2.84. The van der Waals surface area contributed by atoms with Crippen LogP contribution in [0.4, 0.5) is 13.2 Å². The van der Waals surface area contributed by atoms with Crippen molar-refractivity contribution >= 4 is 5.91 Å². The van der Waals surface area contributed by atoms with E-state index in [1.54, 1.807) is 24.2 Å². The van der Waals surface area contributed by atoms with Crippen LogP contribution in [0.1, 0.15) is 28.8 Å². The van der Waals surface area contributed by atoms with Crippen LogP contribution in [-0.4, -0.2) is 39.6 Å². The number of rotatable bonds is 3. The van der Waals surface area contributed by atoms with Crippen LogP contribution in [-0.2, 0) is 13.2 Å². The Morgan fingerprint density at radius 2 is 1.93 bits per heavy atom. The minimum absolute atomic E-state index is 0.115. The summed E-state index contributed by atoms with van der Waals surface area (Å²) >= 11 is 0. The van der Waals surface area contributed by atoms with Crippen LogP contribution in [0.3, 0.4) is 0 Å². The number of ether oxygens (including phenoxy) is 1. The van der Waals surface area contributed by atoms with Gasteiger partial charge in [0.15, 0.2) is 0 Å². The number of amides is 1. The second-order valence-corrected chi connectivity index (χ2v) is 6.33. The summed E-state index contributed by atoms with van der Waals surface area (Å²) in [5.41, 5.74) is -1.07. The second kappa shape index (κ2) is 7.42. The van der Waals surface area contributed by atoms with Crippen LogP contribution in [0.2, 0.25) is 0 Å². The molecule has 0 radical (unpaired) electrons. The molecule has 0 N–H and O–H groups in total. The summed E-state index contributed by atoms with van der Waals surface area (Å²) < 4.78 is 44.6. The smallest absolute Gasteiger partial charge is 0.417 e. The molecule has 144 valence electrons. The lowest BCUT2D eigenvalue weighted by Gasteiger charge is -2.31. The van der Waals surface area contributed by atoms with E-state index in [9.17, 15) is 22.8 Å². The van der Waals surface area contributed by atoms with E-state index in [2.05, 4.69) is 4.98 Å². The van der Waals surface area contributed by atoms with Gasteiger partial charge < -0.3 is 14.2 Å². The number of aromatic nitrogens is 2. The van der Waals surface area contributed by atoms with Crippen molar-refractivity contribution in [3.8, 4) is 5.88 Å². The van der Waals surface area contributed by atoms with E-state index in [0.717, 1.165) is 12.3 Å². The van der Waals surface area contributed by atoms with E-state index in [4.69, 9.17) is 4.74 Å². The van der Waals surface area contributed by atoms with Gasteiger partial charge >= 0.3 is 6.18 Å². The van der Waals surface area contributed by atoms with Gasteiger partial charge in [-0.25, -0.2) is 4.98 Å². The van der Waals surface area contributed by atoms with E-state index in [0.29, 0.717) is 25.9 Å². The highest BCUT2D eigenvalue weighted by molar-refractivity contribution is 5.93. The van der Waals surface area contributed by atoms with Crippen molar-refractivity contribution < 1.29 is 22.7 Å². The number of pyridine rings is 2. The Labute approximate surface area is 153 Å². The maximum atomic E-state index is 12.5. The molecule has 1 saturated heterocycles. The molecule has 0 bridgehead atoms. The average molecular weight is 381 g/mol. The SMILES string of the molecule is Cn1cccc(C(=O)N2CCC(Oc3ccc(C(F)(F)F)cn3)CC2)c1=O. The molecule has 3 rings (SSSR count). The number of carbonyl (C=O) groups excluding carboxylic acids is 1. The first-order valence-corrected chi connectivity index (χ1v) is 8.40. The van der Waals surface area contributed by atoms with Crippen molar-refractivity contribution in [1.82, 2.24) is 14.5 Å². The van der Waals surface area contributed by atoms with Gasteiger partial charge in [-0.1, -0.05) is 0 Å². The highest BCUT2D eigenvalue weighted by Crippen LogP contribution is 2.29. The zero-order chi connectivity index (χ0) is 19.6. The van der Waals surface area contributed by atoms with E-state index in [1.807, 2.05) is 0 Å². The van der Waals surface area contributed by atoms with Crippen molar-refractivity contribution in [2.24, 2.45) is 7.05 Å². The fraction of sp³-hybridized carbons (Fsp3) is 0.389. The van der Waals surface area contributed by atoms with E-state index >= 15 is 0 Å². The van der Waals surface area contributed by atoms with Crippen LogP contribution >= 0.6 is 0 Å². The minimum Gasteiger partial charge on any atom is -0.474 e. The fourth-order valence-corrected chi connectivity index (χ4v) is 2.90. The quantitative estimate of drug-likeness (QED) is 0.820. The highest BCUT2D eigenvalue weighted by atomic mass is 19.4. The van der Waals surface area contributed by atoms with Gasteiger partial charge in [0.1, 0.15) is 11.7 Å².